The van der Waals surface area contributed by atoms with Gasteiger partial charge in [0, 0.05) is 38.3 Å². The Morgan fingerprint density at radius 1 is 1.42 bits per heavy atom. The van der Waals surface area contributed by atoms with Crippen molar-refractivity contribution in [3.05, 3.63) is 15.9 Å². The maximum Gasteiger partial charge on any atom is 0.0739 e. The van der Waals surface area contributed by atoms with Gasteiger partial charge in [-0.25, -0.2) is 0 Å². The molecule has 2 unspecified atom stereocenters. The molecular formula is C14H25BrN4. The fraction of sp³-hybridized carbons (Fsp3) is 0.786. The van der Waals surface area contributed by atoms with E-state index in [0.29, 0.717) is 12.1 Å². The molecule has 0 saturated carbocycles. The molecule has 2 heterocycles. The van der Waals surface area contributed by atoms with Gasteiger partial charge >= 0.3 is 0 Å². The molecule has 1 aromatic heterocycles. The van der Waals surface area contributed by atoms with Crippen molar-refractivity contribution in [2.75, 3.05) is 13.1 Å². The van der Waals surface area contributed by atoms with Crippen molar-refractivity contribution in [2.45, 2.75) is 59.3 Å². The number of rotatable bonds is 4. The highest BCUT2D eigenvalue weighted by Crippen LogP contribution is 2.24. The Balaban J connectivity index is 2.15. The van der Waals surface area contributed by atoms with Gasteiger partial charge in [-0.2, -0.15) is 5.10 Å². The Morgan fingerprint density at radius 2 is 2.16 bits per heavy atom. The minimum absolute atomic E-state index is 0.579. The summed E-state index contributed by atoms with van der Waals surface area (Å²) in [4.78, 5) is 2.57. The van der Waals surface area contributed by atoms with E-state index in [0.717, 1.165) is 31.9 Å². The number of aromatic nitrogens is 2. The van der Waals surface area contributed by atoms with Gasteiger partial charge < -0.3 is 5.32 Å². The SMILES string of the molecule is CCC1CN(Cc2c(Br)c(C)nn2CC)C(C)CN1. The maximum absolute atomic E-state index is 4.59. The van der Waals surface area contributed by atoms with Crippen LogP contribution in [0.15, 0.2) is 4.47 Å². The Kier molecular flexibility index (Phi) is 5.03. The van der Waals surface area contributed by atoms with Crippen molar-refractivity contribution in [2.24, 2.45) is 0 Å². The Labute approximate surface area is 124 Å². The lowest BCUT2D eigenvalue weighted by Gasteiger charge is -2.38. The third kappa shape index (κ3) is 3.20. The molecule has 1 aromatic rings. The van der Waals surface area contributed by atoms with Crippen LogP contribution in [0, 0.1) is 6.92 Å². The summed E-state index contributed by atoms with van der Waals surface area (Å²) in [5, 5.41) is 8.19. The summed E-state index contributed by atoms with van der Waals surface area (Å²) in [6, 6.07) is 1.20. The topological polar surface area (TPSA) is 33.1 Å². The van der Waals surface area contributed by atoms with Gasteiger partial charge in [-0.3, -0.25) is 9.58 Å². The number of nitrogens with one attached hydrogen (secondary N) is 1. The predicted octanol–water partition coefficient (Wildman–Crippen LogP) is 2.55. The van der Waals surface area contributed by atoms with Crippen molar-refractivity contribution < 1.29 is 0 Å². The number of nitrogens with zero attached hydrogens (tertiary/aromatic N) is 3. The molecule has 0 spiro atoms. The second-order valence-corrected chi connectivity index (χ2v) is 6.25. The standard InChI is InChI=1S/C14H25BrN4/c1-5-12-8-18(10(3)7-16-12)9-13-14(15)11(4)17-19(13)6-2/h10,12,16H,5-9H2,1-4H3. The molecule has 1 aliphatic rings. The van der Waals surface area contributed by atoms with Crippen molar-refractivity contribution >= 4 is 15.9 Å². The van der Waals surface area contributed by atoms with Crippen LogP contribution in [0.5, 0.6) is 0 Å². The number of hydrogen-bond acceptors (Lipinski definition) is 3. The Morgan fingerprint density at radius 3 is 2.79 bits per heavy atom. The maximum atomic E-state index is 4.59. The second-order valence-electron chi connectivity index (χ2n) is 5.45. The molecule has 0 aromatic carbocycles. The van der Waals surface area contributed by atoms with Crippen LogP contribution in [-0.2, 0) is 13.1 Å². The summed E-state index contributed by atoms with van der Waals surface area (Å²) in [5.41, 5.74) is 2.40. The van der Waals surface area contributed by atoms with Crippen LogP contribution in [0.1, 0.15) is 38.6 Å². The molecule has 4 nitrogen and oxygen atoms in total. The number of aryl methyl sites for hydroxylation is 2. The molecule has 2 rings (SSSR count). The highest BCUT2D eigenvalue weighted by atomic mass is 79.9. The summed E-state index contributed by atoms with van der Waals surface area (Å²) in [6.07, 6.45) is 1.19. The minimum Gasteiger partial charge on any atom is -0.311 e. The molecule has 1 aliphatic heterocycles. The van der Waals surface area contributed by atoms with Gasteiger partial charge in [0.05, 0.1) is 15.9 Å². The molecule has 1 N–H and O–H groups in total. The zero-order valence-corrected chi connectivity index (χ0v) is 14.0. The normalized spacial score (nSPS) is 24.9. The zero-order valence-electron chi connectivity index (χ0n) is 12.4. The van der Waals surface area contributed by atoms with E-state index in [2.05, 4.69) is 63.6 Å². The average Bonchev–Trinajstić information content (AvgIpc) is 2.68. The lowest BCUT2D eigenvalue weighted by molar-refractivity contribution is 0.128. The molecule has 19 heavy (non-hydrogen) atoms. The summed E-state index contributed by atoms with van der Waals surface area (Å²) in [7, 11) is 0. The van der Waals surface area contributed by atoms with Crippen LogP contribution in [-0.4, -0.2) is 39.9 Å². The van der Waals surface area contributed by atoms with Crippen molar-refractivity contribution in [1.82, 2.24) is 20.0 Å². The lowest BCUT2D eigenvalue weighted by Crippen LogP contribution is -2.54. The van der Waals surface area contributed by atoms with E-state index in [1.807, 2.05) is 0 Å². The summed E-state index contributed by atoms with van der Waals surface area (Å²) < 4.78 is 3.29. The number of hydrogen-bond donors (Lipinski definition) is 1. The summed E-state index contributed by atoms with van der Waals surface area (Å²) >= 11 is 3.70. The Bertz CT molecular complexity index is 429. The van der Waals surface area contributed by atoms with Crippen LogP contribution < -0.4 is 5.32 Å². The quantitative estimate of drug-likeness (QED) is 0.922. The molecule has 1 fully saturated rings. The van der Waals surface area contributed by atoms with E-state index in [-0.39, 0.29) is 0 Å². The molecular weight excluding hydrogens is 304 g/mol. The molecule has 0 aliphatic carbocycles. The highest BCUT2D eigenvalue weighted by Gasteiger charge is 2.26. The smallest absolute Gasteiger partial charge is 0.0739 e. The number of halogens is 1. The largest absolute Gasteiger partial charge is 0.311 e. The average molecular weight is 329 g/mol. The van der Waals surface area contributed by atoms with Gasteiger partial charge in [0.2, 0.25) is 0 Å². The summed E-state index contributed by atoms with van der Waals surface area (Å²) in [6.45, 7) is 12.9. The van der Waals surface area contributed by atoms with Crippen LogP contribution in [0.3, 0.4) is 0 Å². The van der Waals surface area contributed by atoms with E-state index in [1.54, 1.807) is 0 Å². The fourth-order valence-electron chi connectivity index (χ4n) is 2.70. The van der Waals surface area contributed by atoms with Crippen molar-refractivity contribution in [3.63, 3.8) is 0 Å². The third-order valence-electron chi connectivity index (χ3n) is 4.08. The van der Waals surface area contributed by atoms with E-state index >= 15 is 0 Å². The number of piperazine rings is 1. The molecule has 0 amide bonds. The van der Waals surface area contributed by atoms with Gasteiger partial charge in [0.25, 0.3) is 0 Å². The second kappa shape index (κ2) is 6.37. The van der Waals surface area contributed by atoms with Gasteiger partial charge in [0.15, 0.2) is 0 Å². The first kappa shape index (κ1) is 15.0. The summed E-state index contributed by atoms with van der Waals surface area (Å²) in [5.74, 6) is 0. The van der Waals surface area contributed by atoms with Gasteiger partial charge in [-0.1, -0.05) is 6.92 Å². The molecule has 108 valence electrons. The van der Waals surface area contributed by atoms with Gasteiger partial charge in [0.1, 0.15) is 0 Å². The first-order valence-corrected chi connectivity index (χ1v) is 8.05. The zero-order chi connectivity index (χ0) is 14.0. The first-order chi connectivity index (χ1) is 9.06. The Hall–Kier alpha value is -0.390. The molecule has 1 saturated heterocycles. The predicted molar refractivity (Wildman–Crippen MR) is 82.3 cm³/mol. The first-order valence-electron chi connectivity index (χ1n) is 7.26. The molecule has 0 bridgehead atoms. The van der Waals surface area contributed by atoms with Crippen molar-refractivity contribution in [1.29, 1.82) is 0 Å². The van der Waals surface area contributed by atoms with E-state index in [9.17, 15) is 0 Å². The van der Waals surface area contributed by atoms with Crippen LogP contribution in [0.4, 0.5) is 0 Å². The van der Waals surface area contributed by atoms with Crippen LogP contribution >= 0.6 is 15.9 Å². The van der Waals surface area contributed by atoms with E-state index < -0.39 is 0 Å². The third-order valence-corrected chi connectivity index (χ3v) is 5.11. The van der Waals surface area contributed by atoms with Crippen LogP contribution in [0.25, 0.3) is 0 Å². The van der Waals surface area contributed by atoms with Crippen LogP contribution in [0.2, 0.25) is 0 Å². The van der Waals surface area contributed by atoms with Gasteiger partial charge in [-0.05, 0) is 43.1 Å². The fourth-order valence-corrected chi connectivity index (χ4v) is 3.11. The highest BCUT2D eigenvalue weighted by molar-refractivity contribution is 9.10. The van der Waals surface area contributed by atoms with E-state index in [4.69, 9.17) is 0 Å². The minimum atomic E-state index is 0.579. The monoisotopic (exact) mass is 328 g/mol. The molecule has 2 atom stereocenters. The molecule has 0 radical (unpaired) electrons. The molecule has 5 heteroatoms. The lowest BCUT2D eigenvalue weighted by atomic mass is 10.1. The van der Waals surface area contributed by atoms with E-state index in [1.165, 1.54) is 16.6 Å². The van der Waals surface area contributed by atoms with Gasteiger partial charge in [-0.15, -0.1) is 0 Å². The van der Waals surface area contributed by atoms with Crippen molar-refractivity contribution in [3.8, 4) is 0 Å².